The van der Waals surface area contributed by atoms with E-state index in [-0.39, 0.29) is 18.6 Å². The van der Waals surface area contributed by atoms with E-state index in [0.29, 0.717) is 12.4 Å². The zero-order chi connectivity index (χ0) is 26.7. The first-order valence-electron chi connectivity index (χ1n) is 12.9. The van der Waals surface area contributed by atoms with Crippen molar-refractivity contribution in [3.05, 3.63) is 96.8 Å². The number of nitrogens with one attached hydrogen (secondary N) is 1. The molecule has 1 unspecified atom stereocenters. The van der Waals surface area contributed by atoms with Gasteiger partial charge in [0.1, 0.15) is 11.6 Å². The fourth-order valence-corrected chi connectivity index (χ4v) is 4.35. The second-order valence-corrected chi connectivity index (χ2v) is 9.03. The molecule has 1 heterocycles. The summed E-state index contributed by atoms with van der Waals surface area (Å²) in [4.78, 5) is 17.4. The van der Waals surface area contributed by atoms with Gasteiger partial charge >= 0.3 is 0 Å². The number of nitrogens with zero attached hydrogens (tertiary/aromatic N) is 2. The van der Waals surface area contributed by atoms with Crippen LogP contribution < -0.4 is 19.5 Å². The van der Waals surface area contributed by atoms with Crippen molar-refractivity contribution >= 4 is 16.9 Å². The number of rotatable bonds is 14. The molecule has 0 aliphatic carbocycles. The quantitative estimate of drug-likeness (QED) is 0.168. The van der Waals surface area contributed by atoms with Gasteiger partial charge in [-0.15, -0.1) is 6.58 Å². The topological polar surface area (TPSA) is 74.6 Å². The summed E-state index contributed by atoms with van der Waals surface area (Å²) in [7, 11) is 1.65. The first-order valence-corrected chi connectivity index (χ1v) is 12.9. The SMILES string of the molecule is C=CCc1ccc(OCCCCn2c(C(C)NC(=O)COc3ccccc3)nc3ccccc32)c(OC)c1. The number of para-hydroxylation sites is 3. The van der Waals surface area contributed by atoms with Crippen LogP contribution >= 0.6 is 0 Å². The van der Waals surface area contributed by atoms with Crippen molar-refractivity contribution < 1.29 is 19.0 Å². The Balaban J connectivity index is 1.34. The predicted molar refractivity (Wildman–Crippen MR) is 150 cm³/mol. The fraction of sp³-hybridized carbons (Fsp3) is 0.290. The molecule has 0 fully saturated rings. The number of carbonyl (C=O) groups is 1. The van der Waals surface area contributed by atoms with E-state index in [9.17, 15) is 4.79 Å². The molecule has 0 aliphatic heterocycles. The van der Waals surface area contributed by atoms with Crippen molar-refractivity contribution in [1.82, 2.24) is 14.9 Å². The minimum atomic E-state index is -0.274. The highest BCUT2D eigenvalue weighted by atomic mass is 16.5. The third-order valence-corrected chi connectivity index (χ3v) is 6.20. The van der Waals surface area contributed by atoms with Crippen molar-refractivity contribution in [2.45, 2.75) is 38.8 Å². The maximum absolute atomic E-state index is 12.6. The lowest BCUT2D eigenvalue weighted by Crippen LogP contribution is -2.32. The van der Waals surface area contributed by atoms with E-state index in [1.54, 1.807) is 7.11 Å². The molecule has 0 saturated carbocycles. The van der Waals surface area contributed by atoms with E-state index in [0.717, 1.165) is 59.7 Å². The Morgan fingerprint density at radius 1 is 1.03 bits per heavy atom. The molecule has 7 nitrogen and oxygen atoms in total. The Labute approximate surface area is 224 Å². The number of aromatic nitrogens is 2. The smallest absolute Gasteiger partial charge is 0.258 e. The van der Waals surface area contributed by atoms with E-state index in [2.05, 4.69) is 22.5 Å². The molecule has 1 amide bonds. The number of unbranched alkanes of at least 4 members (excludes halogenated alkanes) is 1. The molecule has 38 heavy (non-hydrogen) atoms. The third-order valence-electron chi connectivity index (χ3n) is 6.20. The van der Waals surface area contributed by atoms with Crippen LogP contribution in [0.1, 0.15) is 37.2 Å². The highest BCUT2D eigenvalue weighted by molar-refractivity contribution is 5.79. The third kappa shape index (κ3) is 6.94. The van der Waals surface area contributed by atoms with Crippen LogP contribution in [0.2, 0.25) is 0 Å². The lowest BCUT2D eigenvalue weighted by Gasteiger charge is -2.17. The molecule has 0 radical (unpaired) electrons. The minimum absolute atomic E-state index is 0.0516. The number of fused-ring (bicyclic) bond motifs is 1. The first-order chi connectivity index (χ1) is 18.6. The van der Waals surface area contributed by atoms with E-state index in [4.69, 9.17) is 19.2 Å². The van der Waals surface area contributed by atoms with Gasteiger partial charge in [0.15, 0.2) is 18.1 Å². The van der Waals surface area contributed by atoms with Gasteiger partial charge in [0.25, 0.3) is 5.91 Å². The van der Waals surface area contributed by atoms with Gasteiger partial charge in [0, 0.05) is 6.54 Å². The number of hydrogen-bond acceptors (Lipinski definition) is 5. The van der Waals surface area contributed by atoms with Crippen molar-refractivity contribution in [1.29, 1.82) is 0 Å². The van der Waals surface area contributed by atoms with Crippen LogP contribution in [0, 0.1) is 0 Å². The zero-order valence-corrected chi connectivity index (χ0v) is 22.1. The lowest BCUT2D eigenvalue weighted by molar-refractivity contribution is -0.123. The molecule has 0 bridgehead atoms. The normalized spacial score (nSPS) is 11.6. The molecular formula is C31H35N3O4. The number of hydrogen-bond donors (Lipinski definition) is 1. The van der Waals surface area contributed by atoms with Crippen LogP contribution in [0.15, 0.2) is 85.5 Å². The van der Waals surface area contributed by atoms with Gasteiger partial charge < -0.3 is 24.1 Å². The summed E-state index contributed by atoms with van der Waals surface area (Å²) in [5.41, 5.74) is 3.09. The number of methoxy groups -OCH3 is 1. The predicted octanol–water partition coefficient (Wildman–Crippen LogP) is 5.89. The van der Waals surface area contributed by atoms with Crippen molar-refractivity contribution in [3.8, 4) is 17.2 Å². The Morgan fingerprint density at radius 3 is 2.61 bits per heavy atom. The molecule has 4 rings (SSSR count). The second kappa shape index (κ2) is 13.3. The minimum Gasteiger partial charge on any atom is -0.493 e. The summed E-state index contributed by atoms with van der Waals surface area (Å²) in [6.07, 6.45) is 4.40. The van der Waals surface area contributed by atoms with Crippen molar-refractivity contribution in [3.63, 3.8) is 0 Å². The first kappa shape index (κ1) is 26.8. The Hall–Kier alpha value is -4.26. The van der Waals surface area contributed by atoms with Gasteiger partial charge in [-0.05, 0) is 68.1 Å². The maximum atomic E-state index is 12.6. The molecule has 1 aromatic heterocycles. The molecule has 0 aliphatic rings. The van der Waals surface area contributed by atoms with Crippen molar-refractivity contribution in [2.75, 3.05) is 20.3 Å². The highest BCUT2D eigenvalue weighted by Gasteiger charge is 2.18. The molecule has 4 aromatic rings. The Kier molecular flexibility index (Phi) is 9.40. The second-order valence-electron chi connectivity index (χ2n) is 9.03. The molecule has 1 N–H and O–H groups in total. The number of ether oxygens (including phenoxy) is 3. The summed E-state index contributed by atoms with van der Waals surface area (Å²) in [6, 6.07) is 23.0. The van der Waals surface area contributed by atoms with E-state index in [1.165, 1.54) is 0 Å². The van der Waals surface area contributed by atoms with Crippen LogP contribution in [-0.4, -0.2) is 35.8 Å². The van der Waals surface area contributed by atoms with Gasteiger partial charge in [0.2, 0.25) is 0 Å². The van der Waals surface area contributed by atoms with Gasteiger partial charge in [-0.3, -0.25) is 4.79 Å². The number of allylic oxidation sites excluding steroid dienone is 1. The van der Waals surface area contributed by atoms with Crippen LogP contribution in [-0.2, 0) is 17.8 Å². The van der Waals surface area contributed by atoms with Crippen LogP contribution in [0.5, 0.6) is 17.2 Å². The Bertz CT molecular complexity index is 1350. The number of imidazole rings is 1. The number of carbonyl (C=O) groups excluding carboxylic acids is 1. The van der Waals surface area contributed by atoms with E-state index in [1.807, 2.05) is 79.7 Å². The molecule has 1 atom stereocenters. The van der Waals surface area contributed by atoms with Gasteiger partial charge in [-0.25, -0.2) is 4.98 Å². The molecule has 198 valence electrons. The number of benzene rings is 3. The molecule has 7 heteroatoms. The fourth-order valence-electron chi connectivity index (χ4n) is 4.35. The average Bonchev–Trinajstić information content (AvgIpc) is 3.32. The molecule has 0 saturated heterocycles. The van der Waals surface area contributed by atoms with Crippen LogP contribution in [0.4, 0.5) is 0 Å². The number of aryl methyl sites for hydroxylation is 1. The van der Waals surface area contributed by atoms with Gasteiger partial charge in [-0.1, -0.05) is 42.5 Å². The standard InChI is InChI=1S/C31H35N3O4/c1-4-12-24-17-18-28(29(21-24)36-3)37-20-11-10-19-34-27-16-9-8-15-26(27)33-31(34)23(2)32-30(35)22-38-25-13-6-5-7-14-25/h4-9,13-18,21,23H,1,10-12,19-20,22H2,2-3H3,(H,32,35). The van der Waals surface area contributed by atoms with E-state index >= 15 is 0 Å². The summed E-state index contributed by atoms with van der Waals surface area (Å²) >= 11 is 0. The van der Waals surface area contributed by atoms with Crippen LogP contribution in [0.25, 0.3) is 11.0 Å². The summed E-state index contributed by atoms with van der Waals surface area (Å²) in [6.45, 7) is 7.02. The summed E-state index contributed by atoms with van der Waals surface area (Å²) in [5.74, 6) is 2.76. The van der Waals surface area contributed by atoms with Crippen LogP contribution in [0.3, 0.4) is 0 Å². The number of amides is 1. The van der Waals surface area contributed by atoms with Gasteiger partial charge in [-0.2, -0.15) is 0 Å². The molecular weight excluding hydrogens is 478 g/mol. The molecule has 3 aromatic carbocycles. The highest BCUT2D eigenvalue weighted by Crippen LogP contribution is 2.29. The van der Waals surface area contributed by atoms with Gasteiger partial charge in [0.05, 0.1) is 30.8 Å². The maximum Gasteiger partial charge on any atom is 0.258 e. The summed E-state index contributed by atoms with van der Waals surface area (Å²) < 4.78 is 19.3. The zero-order valence-electron chi connectivity index (χ0n) is 22.1. The lowest BCUT2D eigenvalue weighted by atomic mass is 10.1. The summed E-state index contributed by atoms with van der Waals surface area (Å²) in [5, 5.41) is 3.03. The van der Waals surface area contributed by atoms with E-state index < -0.39 is 0 Å². The molecule has 0 spiro atoms. The largest absolute Gasteiger partial charge is 0.493 e. The Morgan fingerprint density at radius 2 is 1.82 bits per heavy atom. The average molecular weight is 514 g/mol. The van der Waals surface area contributed by atoms with Crippen molar-refractivity contribution in [2.24, 2.45) is 0 Å². The monoisotopic (exact) mass is 513 g/mol.